The Hall–Kier alpha value is -0.250. The van der Waals surface area contributed by atoms with Crippen LogP contribution in [-0.2, 0) is 6.42 Å². The minimum Gasteiger partial charge on any atom is -0.179 e. The van der Waals surface area contributed by atoms with Crippen LogP contribution in [0.1, 0.15) is 5.56 Å². The molecule has 0 aromatic heterocycles. The lowest BCUT2D eigenvalue weighted by molar-refractivity contribution is 1.16. The molecule has 2 aromatic rings. The van der Waals surface area contributed by atoms with Gasteiger partial charge in [-0.2, -0.15) is 12.6 Å². The van der Waals surface area contributed by atoms with Gasteiger partial charge < -0.3 is 0 Å². The first-order chi connectivity index (χ1) is 8.19. The third-order valence-electron chi connectivity index (χ3n) is 2.55. The molecule has 0 aliphatic heterocycles. The van der Waals surface area contributed by atoms with E-state index in [2.05, 4.69) is 80.9 Å². The number of benzene rings is 2. The quantitative estimate of drug-likeness (QED) is 0.690. The third kappa shape index (κ3) is 3.60. The summed E-state index contributed by atoms with van der Waals surface area (Å²) in [5.41, 5.74) is 3.77. The Labute approximate surface area is 124 Å². The Morgan fingerprint density at radius 2 is 1.41 bits per heavy atom. The first-order valence-corrected chi connectivity index (χ1v) is 7.57. The molecule has 0 spiro atoms. The van der Waals surface area contributed by atoms with Crippen molar-refractivity contribution in [2.75, 3.05) is 5.75 Å². The van der Waals surface area contributed by atoms with Gasteiger partial charge in [-0.3, -0.25) is 0 Å². The van der Waals surface area contributed by atoms with E-state index in [4.69, 9.17) is 0 Å². The van der Waals surface area contributed by atoms with E-state index in [1.165, 1.54) is 16.7 Å². The van der Waals surface area contributed by atoms with E-state index in [1.54, 1.807) is 0 Å². The monoisotopic (exact) mass is 370 g/mol. The fourth-order valence-corrected chi connectivity index (χ4v) is 3.27. The molecule has 17 heavy (non-hydrogen) atoms. The molecule has 0 saturated carbocycles. The number of aryl methyl sites for hydroxylation is 1. The summed E-state index contributed by atoms with van der Waals surface area (Å²) < 4.78 is 2.17. The van der Waals surface area contributed by atoms with Crippen LogP contribution in [0, 0.1) is 0 Å². The van der Waals surface area contributed by atoms with Gasteiger partial charge >= 0.3 is 0 Å². The number of hydrogen-bond donors (Lipinski definition) is 1. The highest BCUT2D eigenvalue weighted by Crippen LogP contribution is 2.27. The lowest BCUT2D eigenvalue weighted by Gasteiger charge is -2.05. The van der Waals surface area contributed by atoms with Crippen LogP contribution in [-0.4, -0.2) is 5.75 Å². The molecule has 0 nitrogen and oxygen atoms in total. The van der Waals surface area contributed by atoms with Crippen molar-refractivity contribution in [1.29, 1.82) is 0 Å². The molecule has 0 unspecified atom stereocenters. The van der Waals surface area contributed by atoms with Gasteiger partial charge in [0.25, 0.3) is 0 Å². The highest BCUT2D eigenvalue weighted by atomic mass is 79.9. The fraction of sp³-hybridized carbons (Fsp3) is 0.143. The highest BCUT2D eigenvalue weighted by Gasteiger charge is 2.01. The highest BCUT2D eigenvalue weighted by molar-refractivity contribution is 9.11. The molecule has 0 amide bonds. The van der Waals surface area contributed by atoms with E-state index < -0.39 is 0 Å². The minimum absolute atomic E-state index is 0.891. The summed E-state index contributed by atoms with van der Waals surface area (Å²) in [6.45, 7) is 0. The maximum atomic E-state index is 4.24. The maximum Gasteiger partial charge on any atom is 0.0192 e. The molecule has 0 aliphatic rings. The molecule has 0 aliphatic carbocycles. The van der Waals surface area contributed by atoms with Crippen molar-refractivity contribution in [1.82, 2.24) is 0 Å². The summed E-state index contributed by atoms with van der Waals surface area (Å²) >= 11 is 11.3. The second-order valence-corrected chi connectivity index (χ2v) is 6.11. The van der Waals surface area contributed by atoms with E-state index in [-0.39, 0.29) is 0 Å². The van der Waals surface area contributed by atoms with Crippen LogP contribution in [0.3, 0.4) is 0 Å². The minimum atomic E-state index is 0.891. The van der Waals surface area contributed by atoms with Crippen LogP contribution >= 0.6 is 44.5 Å². The predicted octanol–water partition coefficient (Wildman–Crippen LogP) is 5.35. The molecule has 2 rings (SSSR count). The molecule has 0 heterocycles. The van der Waals surface area contributed by atoms with Crippen LogP contribution in [0.5, 0.6) is 0 Å². The number of thiol groups is 1. The summed E-state index contributed by atoms with van der Waals surface area (Å²) in [5, 5.41) is 0. The van der Waals surface area contributed by atoms with Gasteiger partial charge in [0.1, 0.15) is 0 Å². The van der Waals surface area contributed by atoms with Crippen molar-refractivity contribution in [2.24, 2.45) is 0 Å². The third-order valence-corrected chi connectivity index (χ3v) is 3.69. The smallest absolute Gasteiger partial charge is 0.0192 e. The van der Waals surface area contributed by atoms with Gasteiger partial charge in [-0.1, -0.05) is 56.1 Å². The Kier molecular flexibility index (Phi) is 4.71. The van der Waals surface area contributed by atoms with Crippen molar-refractivity contribution in [2.45, 2.75) is 6.42 Å². The van der Waals surface area contributed by atoms with Gasteiger partial charge in [0.15, 0.2) is 0 Å². The fourth-order valence-electron chi connectivity index (χ4n) is 1.71. The Morgan fingerprint density at radius 3 is 1.94 bits per heavy atom. The van der Waals surface area contributed by atoms with Crippen LogP contribution in [0.2, 0.25) is 0 Å². The van der Waals surface area contributed by atoms with E-state index in [9.17, 15) is 0 Å². The SMILES string of the molecule is SCCc1ccc(-c2cc(Br)cc(Br)c2)cc1. The van der Waals surface area contributed by atoms with Crippen molar-refractivity contribution in [3.05, 3.63) is 57.0 Å². The van der Waals surface area contributed by atoms with Crippen LogP contribution in [0.25, 0.3) is 11.1 Å². The maximum absolute atomic E-state index is 4.24. The van der Waals surface area contributed by atoms with Crippen molar-refractivity contribution >= 4 is 44.5 Å². The summed E-state index contributed by atoms with van der Waals surface area (Å²) in [7, 11) is 0. The zero-order valence-electron chi connectivity index (χ0n) is 9.16. The van der Waals surface area contributed by atoms with E-state index >= 15 is 0 Å². The first-order valence-electron chi connectivity index (χ1n) is 5.35. The number of hydrogen-bond acceptors (Lipinski definition) is 1. The molecular weight excluding hydrogens is 360 g/mol. The van der Waals surface area contributed by atoms with Gasteiger partial charge in [-0.05, 0) is 47.1 Å². The van der Waals surface area contributed by atoms with Crippen molar-refractivity contribution in [3.63, 3.8) is 0 Å². The topological polar surface area (TPSA) is 0 Å². The lowest BCUT2D eigenvalue weighted by Crippen LogP contribution is -1.86. The van der Waals surface area contributed by atoms with Crippen LogP contribution in [0.15, 0.2) is 51.4 Å². The Morgan fingerprint density at radius 1 is 0.824 bits per heavy atom. The summed E-state index contributed by atoms with van der Waals surface area (Å²) in [4.78, 5) is 0. The lowest BCUT2D eigenvalue weighted by atomic mass is 10.0. The van der Waals surface area contributed by atoms with Gasteiger partial charge in [0, 0.05) is 8.95 Å². The molecule has 0 N–H and O–H groups in total. The summed E-state index contributed by atoms with van der Waals surface area (Å²) in [5.74, 6) is 0.891. The molecule has 3 heteroatoms. The van der Waals surface area contributed by atoms with E-state index in [1.807, 2.05) is 6.07 Å². The van der Waals surface area contributed by atoms with Gasteiger partial charge in [0.05, 0.1) is 0 Å². The molecule has 0 fully saturated rings. The largest absolute Gasteiger partial charge is 0.179 e. The molecule has 0 radical (unpaired) electrons. The Bertz CT molecular complexity index is 486. The zero-order valence-corrected chi connectivity index (χ0v) is 13.2. The van der Waals surface area contributed by atoms with Gasteiger partial charge in [-0.15, -0.1) is 0 Å². The molecule has 88 valence electrons. The summed E-state index contributed by atoms with van der Waals surface area (Å²) in [6, 6.07) is 14.9. The number of rotatable bonds is 3. The van der Waals surface area contributed by atoms with Gasteiger partial charge in [-0.25, -0.2) is 0 Å². The molecular formula is C14H12Br2S. The molecule has 2 aromatic carbocycles. The van der Waals surface area contributed by atoms with Crippen LogP contribution in [0.4, 0.5) is 0 Å². The number of halogens is 2. The molecule has 0 bridgehead atoms. The van der Waals surface area contributed by atoms with E-state index in [0.29, 0.717) is 0 Å². The average Bonchev–Trinajstić information content (AvgIpc) is 2.29. The molecule has 0 atom stereocenters. The van der Waals surface area contributed by atoms with Gasteiger partial charge in [0.2, 0.25) is 0 Å². The second-order valence-electron chi connectivity index (χ2n) is 3.83. The average molecular weight is 372 g/mol. The van der Waals surface area contributed by atoms with Crippen molar-refractivity contribution < 1.29 is 0 Å². The van der Waals surface area contributed by atoms with Crippen LogP contribution < -0.4 is 0 Å². The normalized spacial score (nSPS) is 10.5. The second kappa shape index (κ2) is 6.07. The first kappa shape index (κ1) is 13.2. The summed E-state index contributed by atoms with van der Waals surface area (Å²) in [6.07, 6.45) is 1.02. The molecule has 0 saturated heterocycles. The van der Waals surface area contributed by atoms with E-state index in [0.717, 1.165) is 21.1 Å². The zero-order chi connectivity index (χ0) is 12.3. The predicted molar refractivity (Wildman–Crippen MR) is 84.8 cm³/mol. The Balaban J connectivity index is 2.32. The van der Waals surface area contributed by atoms with Crippen molar-refractivity contribution in [3.8, 4) is 11.1 Å². The standard InChI is InChI=1S/C14H12Br2S/c15-13-7-12(8-14(16)9-13)11-3-1-10(2-4-11)5-6-17/h1-4,7-9,17H,5-6H2.